The van der Waals surface area contributed by atoms with Crippen LogP contribution in [0.4, 0.5) is 5.13 Å². The van der Waals surface area contributed by atoms with Gasteiger partial charge in [0.15, 0.2) is 5.13 Å². The van der Waals surface area contributed by atoms with Crippen LogP contribution < -0.4 is 5.32 Å². The van der Waals surface area contributed by atoms with E-state index in [0.717, 1.165) is 21.7 Å². The molecule has 2 rings (SSSR count). The van der Waals surface area contributed by atoms with E-state index < -0.39 is 5.97 Å². The summed E-state index contributed by atoms with van der Waals surface area (Å²) in [5.41, 5.74) is 3.55. The first-order valence-electron chi connectivity index (χ1n) is 6.93. The standard InChI is InChI=1S/C16H18N2O3S/c1-9-4-5-12(8-10(9)2)15(21)18-16-17-11(3)13(22-16)6-7-14(19)20/h4-5,8H,6-7H2,1-3H3,(H,19,20)(H,17,18,21). The van der Waals surface area contributed by atoms with Crippen molar-refractivity contribution in [3.8, 4) is 0 Å². The molecule has 2 aromatic rings. The molecule has 6 heteroatoms. The number of thiazole rings is 1. The normalized spacial score (nSPS) is 10.5. The quantitative estimate of drug-likeness (QED) is 0.886. The smallest absolute Gasteiger partial charge is 0.303 e. The summed E-state index contributed by atoms with van der Waals surface area (Å²) in [5, 5.41) is 12.0. The second kappa shape index (κ2) is 6.70. The van der Waals surface area contributed by atoms with Crippen molar-refractivity contribution in [3.05, 3.63) is 45.5 Å². The number of benzene rings is 1. The van der Waals surface area contributed by atoms with E-state index in [2.05, 4.69) is 10.3 Å². The summed E-state index contributed by atoms with van der Waals surface area (Å²) in [6.07, 6.45) is 0.492. The van der Waals surface area contributed by atoms with Gasteiger partial charge in [0, 0.05) is 10.4 Å². The first kappa shape index (κ1) is 16.2. The fourth-order valence-electron chi connectivity index (χ4n) is 1.99. The first-order valence-corrected chi connectivity index (χ1v) is 7.75. The molecular weight excluding hydrogens is 300 g/mol. The number of aliphatic carboxylic acids is 1. The minimum atomic E-state index is -0.839. The van der Waals surface area contributed by atoms with Gasteiger partial charge in [0.1, 0.15) is 0 Å². The Morgan fingerprint density at radius 2 is 1.95 bits per heavy atom. The number of carboxylic acid groups (broad SMARTS) is 1. The van der Waals surface area contributed by atoms with Gasteiger partial charge in [-0.05, 0) is 50.5 Å². The third-order valence-electron chi connectivity index (χ3n) is 3.45. The van der Waals surface area contributed by atoms with Crippen molar-refractivity contribution in [2.75, 3.05) is 5.32 Å². The van der Waals surface area contributed by atoms with Crippen molar-refractivity contribution < 1.29 is 14.7 Å². The predicted molar refractivity (Wildman–Crippen MR) is 86.7 cm³/mol. The number of amides is 1. The molecule has 0 unspecified atom stereocenters. The van der Waals surface area contributed by atoms with Crippen molar-refractivity contribution in [1.29, 1.82) is 0 Å². The molecule has 0 saturated carbocycles. The highest BCUT2D eigenvalue weighted by Gasteiger charge is 2.13. The summed E-state index contributed by atoms with van der Waals surface area (Å²) in [4.78, 5) is 28.0. The molecule has 0 aliphatic carbocycles. The SMILES string of the molecule is Cc1ccc(C(=O)Nc2nc(C)c(CCC(=O)O)s2)cc1C. The Bertz CT molecular complexity index is 722. The van der Waals surface area contributed by atoms with E-state index >= 15 is 0 Å². The van der Waals surface area contributed by atoms with Gasteiger partial charge in [0.2, 0.25) is 0 Å². The topological polar surface area (TPSA) is 79.3 Å². The van der Waals surface area contributed by atoms with Gasteiger partial charge in [-0.25, -0.2) is 4.98 Å². The first-order chi connectivity index (χ1) is 10.4. The molecule has 0 radical (unpaired) electrons. The van der Waals surface area contributed by atoms with Crippen LogP contribution in [0.2, 0.25) is 0 Å². The van der Waals surface area contributed by atoms with Crippen LogP contribution in [0.25, 0.3) is 0 Å². The molecule has 1 aromatic heterocycles. The van der Waals surface area contributed by atoms with Crippen molar-refractivity contribution in [1.82, 2.24) is 4.98 Å². The third kappa shape index (κ3) is 3.92. The van der Waals surface area contributed by atoms with Crippen LogP contribution in [0.15, 0.2) is 18.2 Å². The summed E-state index contributed by atoms with van der Waals surface area (Å²) in [5.74, 6) is -1.05. The molecule has 116 valence electrons. The molecule has 5 nitrogen and oxygen atoms in total. The van der Waals surface area contributed by atoms with Crippen molar-refractivity contribution in [3.63, 3.8) is 0 Å². The van der Waals surface area contributed by atoms with E-state index in [9.17, 15) is 9.59 Å². The summed E-state index contributed by atoms with van der Waals surface area (Å²) in [6, 6.07) is 5.54. The molecule has 1 heterocycles. The number of nitrogens with one attached hydrogen (secondary N) is 1. The molecule has 2 N–H and O–H groups in total. The minimum absolute atomic E-state index is 0.0631. The highest BCUT2D eigenvalue weighted by Crippen LogP contribution is 2.24. The zero-order chi connectivity index (χ0) is 16.3. The van der Waals surface area contributed by atoms with Crippen LogP contribution in [0.3, 0.4) is 0 Å². The lowest BCUT2D eigenvalue weighted by molar-refractivity contribution is -0.136. The van der Waals surface area contributed by atoms with Crippen LogP contribution in [0, 0.1) is 20.8 Å². The van der Waals surface area contributed by atoms with E-state index in [-0.39, 0.29) is 12.3 Å². The van der Waals surface area contributed by atoms with Gasteiger partial charge in [0.05, 0.1) is 12.1 Å². The number of aryl methyl sites for hydroxylation is 4. The maximum absolute atomic E-state index is 12.2. The van der Waals surface area contributed by atoms with E-state index in [1.165, 1.54) is 11.3 Å². The van der Waals surface area contributed by atoms with Gasteiger partial charge < -0.3 is 5.11 Å². The second-order valence-corrected chi connectivity index (χ2v) is 6.26. The Labute approximate surface area is 133 Å². The Morgan fingerprint density at radius 3 is 2.59 bits per heavy atom. The number of rotatable bonds is 5. The average molecular weight is 318 g/mol. The largest absolute Gasteiger partial charge is 0.481 e. The number of carboxylic acids is 1. The van der Waals surface area contributed by atoms with E-state index in [4.69, 9.17) is 5.11 Å². The van der Waals surface area contributed by atoms with Crippen LogP contribution in [-0.2, 0) is 11.2 Å². The van der Waals surface area contributed by atoms with Crippen LogP contribution in [-0.4, -0.2) is 22.0 Å². The lowest BCUT2D eigenvalue weighted by Gasteiger charge is -2.04. The second-order valence-electron chi connectivity index (χ2n) is 5.17. The Hall–Kier alpha value is -2.21. The predicted octanol–water partition coefficient (Wildman–Crippen LogP) is 3.34. The maximum atomic E-state index is 12.2. The number of hydrogen-bond donors (Lipinski definition) is 2. The van der Waals surface area contributed by atoms with E-state index in [1.54, 1.807) is 6.07 Å². The van der Waals surface area contributed by atoms with Crippen molar-refractivity contribution in [2.24, 2.45) is 0 Å². The zero-order valence-electron chi connectivity index (χ0n) is 12.8. The van der Waals surface area contributed by atoms with Gasteiger partial charge in [-0.2, -0.15) is 0 Å². The average Bonchev–Trinajstić information content (AvgIpc) is 2.79. The van der Waals surface area contributed by atoms with Gasteiger partial charge in [-0.15, -0.1) is 11.3 Å². The summed E-state index contributed by atoms with van der Waals surface area (Å²) < 4.78 is 0. The van der Waals surface area contributed by atoms with Gasteiger partial charge in [0.25, 0.3) is 5.91 Å². The van der Waals surface area contributed by atoms with E-state index in [0.29, 0.717) is 17.1 Å². The maximum Gasteiger partial charge on any atom is 0.303 e. The summed E-state index contributed by atoms with van der Waals surface area (Å²) in [6.45, 7) is 5.78. The summed E-state index contributed by atoms with van der Waals surface area (Å²) in [7, 11) is 0. The Morgan fingerprint density at radius 1 is 1.23 bits per heavy atom. The molecule has 0 fully saturated rings. The van der Waals surface area contributed by atoms with Crippen LogP contribution in [0.1, 0.15) is 38.5 Å². The molecule has 22 heavy (non-hydrogen) atoms. The molecule has 0 atom stereocenters. The Balaban J connectivity index is 2.09. The molecule has 1 amide bonds. The van der Waals surface area contributed by atoms with Crippen molar-refractivity contribution >= 4 is 28.3 Å². The van der Waals surface area contributed by atoms with Crippen LogP contribution in [0.5, 0.6) is 0 Å². The molecule has 0 bridgehead atoms. The highest BCUT2D eigenvalue weighted by atomic mass is 32.1. The summed E-state index contributed by atoms with van der Waals surface area (Å²) >= 11 is 1.33. The molecule has 0 spiro atoms. The molecule has 1 aromatic carbocycles. The fraction of sp³-hybridized carbons (Fsp3) is 0.312. The number of anilines is 1. The van der Waals surface area contributed by atoms with Gasteiger partial charge in [-0.3, -0.25) is 14.9 Å². The van der Waals surface area contributed by atoms with Gasteiger partial charge in [-0.1, -0.05) is 6.07 Å². The molecule has 0 saturated heterocycles. The highest BCUT2D eigenvalue weighted by molar-refractivity contribution is 7.15. The molecule has 0 aliphatic rings. The lowest BCUT2D eigenvalue weighted by Crippen LogP contribution is -2.12. The number of carbonyl (C=O) groups excluding carboxylic acids is 1. The Kier molecular flexibility index (Phi) is 4.92. The number of nitrogens with zero attached hydrogens (tertiary/aromatic N) is 1. The van der Waals surface area contributed by atoms with Gasteiger partial charge >= 0.3 is 5.97 Å². The van der Waals surface area contributed by atoms with Crippen LogP contribution >= 0.6 is 11.3 Å². The van der Waals surface area contributed by atoms with Crippen molar-refractivity contribution in [2.45, 2.75) is 33.6 Å². The number of hydrogen-bond acceptors (Lipinski definition) is 4. The monoisotopic (exact) mass is 318 g/mol. The number of aromatic nitrogens is 1. The number of carbonyl (C=O) groups is 2. The minimum Gasteiger partial charge on any atom is -0.481 e. The van der Waals surface area contributed by atoms with E-state index in [1.807, 2.05) is 32.9 Å². The lowest BCUT2D eigenvalue weighted by atomic mass is 10.1. The molecular formula is C16H18N2O3S. The zero-order valence-corrected chi connectivity index (χ0v) is 13.6. The molecule has 0 aliphatic heterocycles. The fourth-order valence-corrected chi connectivity index (χ4v) is 2.94. The third-order valence-corrected chi connectivity index (χ3v) is 4.58.